The zero-order chi connectivity index (χ0) is 24.4. The van der Waals surface area contributed by atoms with Gasteiger partial charge in [-0.2, -0.15) is 0 Å². The van der Waals surface area contributed by atoms with Gasteiger partial charge in [0.05, 0.1) is 17.1 Å². The quantitative estimate of drug-likeness (QED) is 0.237. The lowest BCUT2D eigenvalue weighted by Gasteiger charge is -2.02. The first-order valence-electron chi connectivity index (χ1n) is 11.8. The molecule has 1 aliphatic rings. The smallest absolute Gasteiger partial charge is 0.0904 e. The van der Waals surface area contributed by atoms with E-state index in [1.54, 1.807) is 0 Å². The molecule has 0 amide bonds. The third kappa shape index (κ3) is 6.04. The van der Waals surface area contributed by atoms with Crippen molar-refractivity contribution < 1.29 is 0 Å². The first-order valence-corrected chi connectivity index (χ1v) is 12.6. The number of H-pyrrole nitrogens is 2. The predicted octanol–water partition coefficient (Wildman–Crippen LogP) is 8.74. The van der Waals surface area contributed by atoms with Gasteiger partial charge in [-0.15, -0.1) is 12.4 Å². The van der Waals surface area contributed by atoms with Gasteiger partial charge in [-0.1, -0.05) is 54.4 Å². The number of aryl methyl sites for hydroxylation is 1. The summed E-state index contributed by atoms with van der Waals surface area (Å²) < 4.78 is 0. The molecular weight excluding hydrogens is 509 g/mol. The summed E-state index contributed by atoms with van der Waals surface area (Å²) in [7, 11) is 0. The van der Waals surface area contributed by atoms with E-state index in [4.69, 9.17) is 28.2 Å². The van der Waals surface area contributed by atoms with E-state index >= 15 is 0 Å². The number of nitrogens with zero attached hydrogens (tertiary/aromatic N) is 1. The first kappa shape index (κ1) is 26.1. The molecule has 2 aromatic carbocycles. The van der Waals surface area contributed by atoms with Gasteiger partial charge in [0.1, 0.15) is 0 Å². The Morgan fingerprint density at radius 1 is 0.889 bits per heavy atom. The van der Waals surface area contributed by atoms with Crippen molar-refractivity contribution in [3.05, 3.63) is 134 Å². The Kier molecular flexibility index (Phi) is 8.25. The van der Waals surface area contributed by atoms with E-state index < -0.39 is 0 Å². The molecule has 0 radical (unpaired) electrons. The Bertz CT molecular complexity index is 1440. The number of nitrogens with one attached hydrogen (secondary N) is 2. The topological polar surface area (TPSA) is 43.9 Å². The fourth-order valence-electron chi connectivity index (χ4n) is 4.44. The minimum atomic E-state index is 0. The van der Waals surface area contributed by atoms with Gasteiger partial charge in [0.25, 0.3) is 0 Å². The summed E-state index contributed by atoms with van der Waals surface area (Å²) in [6.07, 6.45) is 8.92. The van der Waals surface area contributed by atoms with Crippen LogP contribution in [0.1, 0.15) is 52.7 Å². The summed E-state index contributed by atoms with van der Waals surface area (Å²) in [5.41, 5.74) is 11.4. The van der Waals surface area contributed by atoms with Crippen LogP contribution in [-0.4, -0.2) is 15.7 Å². The molecule has 5 rings (SSSR count). The highest BCUT2D eigenvalue weighted by molar-refractivity contribution is 6.30. The molecule has 2 aromatic heterocycles. The number of aromatic amines is 2. The average molecular weight is 537 g/mol. The molecule has 1 aliphatic heterocycles. The molecule has 0 fully saturated rings. The zero-order valence-electron chi connectivity index (χ0n) is 20.2. The molecular formula is C30H28Cl3N3. The highest BCUT2D eigenvalue weighted by Crippen LogP contribution is 2.27. The van der Waals surface area contributed by atoms with Crippen molar-refractivity contribution in [1.29, 1.82) is 0 Å². The minimum Gasteiger partial charge on any atom is -0.360 e. The summed E-state index contributed by atoms with van der Waals surface area (Å²) in [6, 6.07) is 20.5. The molecule has 0 atom stereocenters. The third-order valence-electron chi connectivity index (χ3n) is 6.23. The second kappa shape index (κ2) is 11.4. The van der Waals surface area contributed by atoms with Crippen molar-refractivity contribution in [2.24, 2.45) is 4.99 Å². The second-order valence-electron chi connectivity index (χ2n) is 8.98. The lowest BCUT2D eigenvalue weighted by atomic mass is 10.0. The van der Waals surface area contributed by atoms with Crippen LogP contribution in [0.4, 0.5) is 0 Å². The van der Waals surface area contributed by atoms with Crippen molar-refractivity contribution >= 4 is 47.4 Å². The average Bonchev–Trinajstić information content (AvgIpc) is 3.56. The van der Waals surface area contributed by atoms with Crippen LogP contribution in [0.3, 0.4) is 0 Å². The van der Waals surface area contributed by atoms with Crippen molar-refractivity contribution in [3.8, 4) is 0 Å². The van der Waals surface area contributed by atoms with Crippen molar-refractivity contribution in [3.63, 3.8) is 0 Å². The summed E-state index contributed by atoms with van der Waals surface area (Å²) in [5, 5.41) is 1.50. The lowest BCUT2D eigenvalue weighted by molar-refractivity contribution is 1.10. The zero-order valence-corrected chi connectivity index (χ0v) is 22.6. The summed E-state index contributed by atoms with van der Waals surface area (Å²) in [6.45, 7) is 4.26. The van der Waals surface area contributed by atoms with Crippen molar-refractivity contribution in [2.45, 2.75) is 33.1 Å². The van der Waals surface area contributed by atoms with Crippen LogP contribution in [0, 0.1) is 6.92 Å². The van der Waals surface area contributed by atoms with Gasteiger partial charge in [0.2, 0.25) is 0 Å². The van der Waals surface area contributed by atoms with Gasteiger partial charge in [0, 0.05) is 34.1 Å². The van der Waals surface area contributed by atoms with E-state index in [0.717, 1.165) is 57.8 Å². The number of aromatic nitrogens is 2. The van der Waals surface area contributed by atoms with E-state index in [9.17, 15) is 0 Å². The van der Waals surface area contributed by atoms with Crippen LogP contribution in [0.2, 0.25) is 10.0 Å². The molecule has 0 aliphatic carbocycles. The van der Waals surface area contributed by atoms with Crippen LogP contribution < -0.4 is 0 Å². The number of allylic oxidation sites excluding steroid dienone is 2. The molecule has 0 spiro atoms. The molecule has 4 aromatic rings. The molecule has 184 valence electrons. The maximum Gasteiger partial charge on any atom is 0.0904 e. The predicted molar refractivity (Wildman–Crippen MR) is 155 cm³/mol. The number of benzene rings is 2. The molecule has 36 heavy (non-hydrogen) atoms. The van der Waals surface area contributed by atoms with Crippen LogP contribution in [0.15, 0.2) is 89.2 Å². The highest BCUT2D eigenvalue weighted by atomic mass is 35.5. The number of rotatable bonds is 7. The van der Waals surface area contributed by atoms with E-state index in [0.29, 0.717) is 0 Å². The molecule has 3 nitrogen and oxygen atoms in total. The molecule has 2 N–H and O–H groups in total. The van der Waals surface area contributed by atoms with Crippen molar-refractivity contribution in [2.75, 3.05) is 0 Å². The Labute approximate surface area is 228 Å². The first-order chi connectivity index (χ1) is 17.0. The Morgan fingerprint density at radius 3 is 2.11 bits per heavy atom. The summed E-state index contributed by atoms with van der Waals surface area (Å²) >= 11 is 12.2. The number of aliphatic imine (C=N–C) groups is 1. The Hall–Kier alpha value is -2.98. The van der Waals surface area contributed by atoms with Gasteiger partial charge in [-0.25, -0.2) is 4.99 Å². The lowest BCUT2D eigenvalue weighted by Crippen LogP contribution is -2.01. The van der Waals surface area contributed by atoms with E-state index in [2.05, 4.69) is 72.4 Å². The van der Waals surface area contributed by atoms with Crippen LogP contribution in [-0.2, 0) is 12.8 Å². The van der Waals surface area contributed by atoms with E-state index in [1.807, 2.05) is 30.5 Å². The van der Waals surface area contributed by atoms with Gasteiger partial charge in [-0.05, 0) is 96.1 Å². The monoisotopic (exact) mass is 535 g/mol. The third-order valence-corrected chi connectivity index (χ3v) is 6.73. The summed E-state index contributed by atoms with van der Waals surface area (Å²) in [5.74, 6) is 0. The van der Waals surface area contributed by atoms with Crippen molar-refractivity contribution in [1.82, 2.24) is 9.97 Å². The molecule has 0 saturated carbocycles. The second-order valence-corrected chi connectivity index (χ2v) is 9.86. The van der Waals surface area contributed by atoms with E-state index in [-0.39, 0.29) is 12.4 Å². The minimum absolute atomic E-state index is 0. The number of halogens is 3. The fraction of sp³-hybridized carbons (Fsp3) is 0.167. The molecule has 3 heterocycles. The SMILES string of the molecule is CCC1=C/C(=C/c2[nH]c(Cc3ccc(Cl)cc3)cc2Cc2ccc(Cl)cc2)N=C1c1cc(C)c[nH]1.Cl. The van der Waals surface area contributed by atoms with Crippen LogP contribution in [0.25, 0.3) is 6.08 Å². The maximum absolute atomic E-state index is 6.11. The van der Waals surface area contributed by atoms with Gasteiger partial charge < -0.3 is 9.97 Å². The molecule has 0 bridgehead atoms. The van der Waals surface area contributed by atoms with Gasteiger partial charge >= 0.3 is 0 Å². The number of hydrogen-bond donors (Lipinski definition) is 2. The molecule has 0 saturated heterocycles. The molecule has 0 unspecified atom stereocenters. The maximum atomic E-state index is 6.11. The largest absolute Gasteiger partial charge is 0.360 e. The van der Waals surface area contributed by atoms with Gasteiger partial charge in [0.15, 0.2) is 0 Å². The fourth-order valence-corrected chi connectivity index (χ4v) is 4.69. The Morgan fingerprint density at radius 2 is 1.53 bits per heavy atom. The van der Waals surface area contributed by atoms with Crippen LogP contribution >= 0.6 is 35.6 Å². The summed E-state index contributed by atoms with van der Waals surface area (Å²) in [4.78, 5) is 12.0. The van der Waals surface area contributed by atoms with Crippen LogP contribution in [0.5, 0.6) is 0 Å². The highest BCUT2D eigenvalue weighted by Gasteiger charge is 2.18. The molecule has 6 heteroatoms. The Balaban J connectivity index is 0.00000304. The number of hydrogen-bond acceptors (Lipinski definition) is 1. The van der Waals surface area contributed by atoms with E-state index in [1.165, 1.54) is 27.8 Å². The van der Waals surface area contributed by atoms with Gasteiger partial charge in [-0.3, -0.25) is 0 Å². The normalized spacial score (nSPS) is 14.1. The standard InChI is InChI=1S/C30H27Cl2N3.ClH/c1-3-22-15-27(35-30(22)29-12-19(2)18-33-29)17-28-23(13-20-4-8-24(31)9-5-20)16-26(34-28)14-21-6-10-25(32)11-7-21;/h4-12,15-18,33-34H,3,13-14H2,1-2H3;1H/b27-17-;.